The number of benzene rings is 1. The summed E-state index contributed by atoms with van der Waals surface area (Å²) in [5, 5.41) is 2.27. The van der Waals surface area contributed by atoms with E-state index >= 15 is 0 Å². The average Bonchev–Trinajstić information content (AvgIpc) is 2.77. The lowest BCUT2D eigenvalue weighted by molar-refractivity contribution is -0.136. The smallest absolute Gasteiger partial charge is 0.257 e. The summed E-state index contributed by atoms with van der Waals surface area (Å²) < 4.78 is 0. The molecule has 5 N–H and O–H groups in total. The van der Waals surface area contributed by atoms with Gasteiger partial charge in [-0.15, -0.1) is 0 Å². The van der Waals surface area contributed by atoms with Gasteiger partial charge in [0.15, 0.2) is 0 Å². The van der Waals surface area contributed by atoms with E-state index in [2.05, 4.69) is 5.32 Å². The van der Waals surface area contributed by atoms with Crippen molar-refractivity contribution in [1.82, 2.24) is 10.2 Å². The van der Waals surface area contributed by atoms with E-state index in [1.54, 1.807) is 6.07 Å². The van der Waals surface area contributed by atoms with Gasteiger partial charge in [0, 0.05) is 25.2 Å². The lowest BCUT2D eigenvalue weighted by Gasteiger charge is -2.29. The molecule has 3 rings (SSSR count). The summed E-state index contributed by atoms with van der Waals surface area (Å²) >= 11 is 0. The molecule has 1 saturated heterocycles. The number of rotatable bonds is 2. The zero-order valence-electron chi connectivity index (χ0n) is 11.4. The molecule has 0 aliphatic carbocycles. The van der Waals surface area contributed by atoms with Crippen LogP contribution in [0.3, 0.4) is 0 Å². The third-order valence-corrected chi connectivity index (χ3v) is 4.04. The third-order valence-electron chi connectivity index (χ3n) is 4.04. The Hall–Kier alpha value is -2.41. The Morgan fingerprint density at radius 1 is 1.29 bits per heavy atom. The number of imide groups is 1. The third kappa shape index (κ3) is 2.06. The fraction of sp³-hybridized carbons (Fsp3) is 0.357. The van der Waals surface area contributed by atoms with Gasteiger partial charge in [-0.25, -0.2) is 0 Å². The molecule has 7 nitrogen and oxygen atoms in total. The highest BCUT2D eigenvalue weighted by Crippen LogP contribution is 2.32. The Morgan fingerprint density at radius 2 is 2.05 bits per heavy atom. The molecule has 21 heavy (non-hydrogen) atoms. The minimum absolute atomic E-state index is 0.236. The molecule has 2 heterocycles. The number of anilines is 1. The summed E-state index contributed by atoms with van der Waals surface area (Å²) in [6.45, 7) is 0.584. The van der Waals surface area contributed by atoms with E-state index in [0.29, 0.717) is 29.8 Å². The topological polar surface area (TPSA) is 119 Å². The van der Waals surface area contributed by atoms with E-state index in [9.17, 15) is 14.4 Å². The number of carbonyl (C=O) groups excluding carboxylic acids is 3. The predicted octanol–water partition coefficient (Wildman–Crippen LogP) is -0.511. The maximum Gasteiger partial charge on any atom is 0.257 e. The van der Waals surface area contributed by atoms with Crippen LogP contribution in [0.25, 0.3) is 0 Å². The van der Waals surface area contributed by atoms with Gasteiger partial charge < -0.3 is 16.4 Å². The van der Waals surface area contributed by atoms with E-state index in [-0.39, 0.29) is 24.8 Å². The monoisotopic (exact) mass is 288 g/mol. The van der Waals surface area contributed by atoms with Crippen molar-refractivity contribution in [1.29, 1.82) is 0 Å². The fourth-order valence-electron chi connectivity index (χ4n) is 2.90. The summed E-state index contributed by atoms with van der Waals surface area (Å²) in [6.07, 6.45) is 0.577. The standard InChI is InChI=1S/C14H16N4O3/c15-5-7-1-2-8-6-18(14(21)11(8)12(7)16)9-3-4-10(19)17-13(9)20/h1-2,9H,3-6,15-16H2,(H,17,19,20). The Bertz CT molecular complexity index is 656. The van der Waals surface area contributed by atoms with Gasteiger partial charge in [-0.2, -0.15) is 0 Å². The molecule has 0 radical (unpaired) electrons. The highest BCUT2D eigenvalue weighted by molar-refractivity contribution is 6.07. The second-order valence-corrected chi connectivity index (χ2v) is 5.28. The molecule has 7 heteroatoms. The molecule has 110 valence electrons. The number of hydrogen-bond acceptors (Lipinski definition) is 5. The number of amides is 3. The maximum atomic E-state index is 12.6. The van der Waals surface area contributed by atoms with Gasteiger partial charge in [-0.05, 0) is 17.5 Å². The van der Waals surface area contributed by atoms with Gasteiger partial charge in [0.25, 0.3) is 5.91 Å². The molecule has 0 saturated carbocycles. The van der Waals surface area contributed by atoms with Crippen molar-refractivity contribution in [3.8, 4) is 0 Å². The molecule has 0 bridgehead atoms. The first-order valence-corrected chi connectivity index (χ1v) is 6.78. The van der Waals surface area contributed by atoms with Gasteiger partial charge in [0.1, 0.15) is 6.04 Å². The Labute approximate surface area is 121 Å². The van der Waals surface area contributed by atoms with Crippen molar-refractivity contribution >= 4 is 23.4 Å². The summed E-state index contributed by atoms with van der Waals surface area (Å²) in [5.41, 5.74) is 13.9. The van der Waals surface area contributed by atoms with Crippen LogP contribution in [0.5, 0.6) is 0 Å². The molecule has 3 amide bonds. The van der Waals surface area contributed by atoms with Crippen LogP contribution in [0.2, 0.25) is 0 Å². The zero-order valence-corrected chi connectivity index (χ0v) is 11.4. The van der Waals surface area contributed by atoms with Gasteiger partial charge >= 0.3 is 0 Å². The van der Waals surface area contributed by atoms with E-state index in [0.717, 1.165) is 5.56 Å². The first kappa shape index (κ1) is 13.6. The SMILES string of the molecule is NCc1ccc2c(c1N)C(=O)N(C1CCC(=O)NC1=O)C2. The van der Waals surface area contributed by atoms with Crippen LogP contribution in [0.4, 0.5) is 5.69 Å². The highest BCUT2D eigenvalue weighted by atomic mass is 16.2. The summed E-state index contributed by atoms with van der Waals surface area (Å²) in [6, 6.07) is 3.00. The molecule has 1 aromatic carbocycles. The van der Waals surface area contributed by atoms with E-state index in [1.165, 1.54) is 4.90 Å². The first-order chi connectivity index (χ1) is 10.0. The lowest BCUT2D eigenvalue weighted by atomic mass is 10.0. The van der Waals surface area contributed by atoms with Crippen molar-refractivity contribution in [3.05, 3.63) is 28.8 Å². The molecule has 0 aromatic heterocycles. The molecule has 1 aromatic rings. The van der Waals surface area contributed by atoms with Gasteiger partial charge in [-0.1, -0.05) is 12.1 Å². The van der Waals surface area contributed by atoms with E-state index in [1.807, 2.05) is 6.07 Å². The largest absolute Gasteiger partial charge is 0.398 e. The number of nitrogens with one attached hydrogen (secondary N) is 1. The highest BCUT2D eigenvalue weighted by Gasteiger charge is 2.40. The second kappa shape index (κ2) is 4.85. The van der Waals surface area contributed by atoms with Crippen molar-refractivity contribution in [3.63, 3.8) is 0 Å². The van der Waals surface area contributed by atoms with Crippen LogP contribution >= 0.6 is 0 Å². The number of piperidine rings is 1. The number of fused-ring (bicyclic) bond motifs is 1. The van der Waals surface area contributed by atoms with Crippen molar-refractivity contribution < 1.29 is 14.4 Å². The molecular weight excluding hydrogens is 272 g/mol. The predicted molar refractivity (Wildman–Crippen MR) is 74.8 cm³/mol. The van der Waals surface area contributed by atoms with Crippen LogP contribution in [0, 0.1) is 0 Å². The number of nitrogens with two attached hydrogens (primary N) is 2. The van der Waals surface area contributed by atoms with Crippen molar-refractivity contribution in [2.24, 2.45) is 5.73 Å². The molecule has 2 aliphatic heterocycles. The van der Waals surface area contributed by atoms with Crippen LogP contribution in [0.1, 0.15) is 34.3 Å². The Balaban J connectivity index is 1.92. The van der Waals surface area contributed by atoms with Crippen molar-refractivity contribution in [2.75, 3.05) is 5.73 Å². The second-order valence-electron chi connectivity index (χ2n) is 5.28. The number of hydrogen-bond donors (Lipinski definition) is 3. The average molecular weight is 288 g/mol. The molecular formula is C14H16N4O3. The van der Waals surface area contributed by atoms with Crippen LogP contribution in [-0.4, -0.2) is 28.7 Å². The molecule has 1 unspecified atom stereocenters. The minimum atomic E-state index is -0.622. The summed E-state index contributed by atoms with van der Waals surface area (Å²) in [4.78, 5) is 37.1. The molecule has 1 atom stereocenters. The number of carbonyl (C=O) groups is 3. The number of nitrogen functional groups attached to an aromatic ring is 1. The summed E-state index contributed by atoms with van der Waals surface area (Å²) in [5.74, 6) is -0.998. The molecule has 2 aliphatic rings. The normalized spacial score (nSPS) is 21.5. The molecule has 1 fully saturated rings. The quantitative estimate of drug-likeness (QED) is 0.500. The van der Waals surface area contributed by atoms with E-state index in [4.69, 9.17) is 11.5 Å². The van der Waals surface area contributed by atoms with Crippen LogP contribution < -0.4 is 16.8 Å². The Morgan fingerprint density at radius 3 is 2.71 bits per heavy atom. The maximum absolute atomic E-state index is 12.6. The minimum Gasteiger partial charge on any atom is -0.398 e. The van der Waals surface area contributed by atoms with Crippen LogP contribution in [-0.2, 0) is 22.7 Å². The van der Waals surface area contributed by atoms with Gasteiger partial charge in [0.2, 0.25) is 11.8 Å². The first-order valence-electron chi connectivity index (χ1n) is 6.78. The van der Waals surface area contributed by atoms with Gasteiger partial charge in [0.05, 0.1) is 5.56 Å². The zero-order chi connectivity index (χ0) is 15.1. The van der Waals surface area contributed by atoms with Gasteiger partial charge in [-0.3, -0.25) is 19.7 Å². The number of nitrogens with zero attached hydrogens (tertiary/aromatic N) is 1. The Kier molecular flexibility index (Phi) is 3.13. The summed E-state index contributed by atoms with van der Waals surface area (Å²) in [7, 11) is 0. The van der Waals surface area contributed by atoms with E-state index < -0.39 is 11.9 Å². The molecule has 0 spiro atoms. The van der Waals surface area contributed by atoms with Crippen molar-refractivity contribution in [2.45, 2.75) is 32.0 Å². The fourth-order valence-corrected chi connectivity index (χ4v) is 2.90. The van der Waals surface area contributed by atoms with Crippen LogP contribution in [0.15, 0.2) is 12.1 Å². The lowest BCUT2D eigenvalue weighted by Crippen LogP contribution is -2.52.